The molecule has 3 aromatic rings. The van der Waals surface area contributed by atoms with Crippen molar-refractivity contribution in [2.45, 2.75) is 12.6 Å². The Hall–Kier alpha value is -1.75. The van der Waals surface area contributed by atoms with Gasteiger partial charge in [-0.25, -0.2) is 0 Å². The lowest BCUT2D eigenvalue weighted by atomic mass is 10.0. The van der Waals surface area contributed by atoms with Gasteiger partial charge in [-0.05, 0) is 41.1 Å². The third kappa shape index (κ3) is 2.97. The smallest absolute Gasteiger partial charge is 0.0750 e. The lowest BCUT2D eigenvalue weighted by Crippen LogP contribution is -2.30. The lowest BCUT2D eigenvalue weighted by molar-refractivity contribution is 0.243. The Morgan fingerprint density at radius 1 is 1.24 bits per heavy atom. The van der Waals surface area contributed by atoms with Crippen molar-refractivity contribution in [2.75, 3.05) is 13.6 Å². The molecule has 21 heavy (non-hydrogen) atoms. The van der Waals surface area contributed by atoms with Gasteiger partial charge in [0.15, 0.2) is 0 Å². The van der Waals surface area contributed by atoms with Crippen LogP contribution in [0, 0.1) is 0 Å². The van der Waals surface area contributed by atoms with Crippen molar-refractivity contribution in [3.8, 4) is 0 Å². The van der Waals surface area contributed by atoms with Crippen LogP contribution in [-0.2, 0) is 6.54 Å². The third-order valence-corrected chi connectivity index (χ3v) is 4.52. The number of likely N-dealkylation sites (N-methyl/N-ethyl adjacent to an activating group) is 1. The molecule has 0 bridgehead atoms. The van der Waals surface area contributed by atoms with Gasteiger partial charge in [-0.15, -0.1) is 0 Å². The molecular formula is C17H19N3S. The van der Waals surface area contributed by atoms with Crippen molar-refractivity contribution in [1.29, 1.82) is 0 Å². The van der Waals surface area contributed by atoms with Gasteiger partial charge in [0, 0.05) is 30.7 Å². The van der Waals surface area contributed by atoms with Crippen LogP contribution in [0.5, 0.6) is 0 Å². The molecule has 0 amide bonds. The first-order chi connectivity index (χ1) is 10.3. The summed E-state index contributed by atoms with van der Waals surface area (Å²) in [6.45, 7) is 1.48. The van der Waals surface area contributed by atoms with Gasteiger partial charge in [-0.1, -0.05) is 24.3 Å². The number of pyridine rings is 1. The Kier molecular flexibility index (Phi) is 4.29. The SMILES string of the molecule is CN(Cc1ccsc1)C(CN)c1cccc2cccnc12. The molecule has 2 heterocycles. The number of fused-ring (bicyclic) bond motifs is 1. The third-order valence-electron chi connectivity index (χ3n) is 3.79. The fourth-order valence-corrected chi connectivity index (χ4v) is 3.38. The van der Waals surface area contributed by atoms with Crippen LogP contribution in [0.2, 0.25) is 0 Å². The summed E-state index contributed by atoms with van der Waals surface area (Å²) in [5.41, 5.74) is 9.64. The molecule has 3 rings (SSSR count). The minimum atomic E-state index is 0.170. The summed E-state index contributed by atoms with van der Waals surface area (Å²) in [4.78, 5) is 6.85. The van der Waals surface area contributed by atoms with E-state index < -0.39 is 0 Å². The summed E-state index contributed by atoms with van der Waals surface area (Å²) < 4.78 is 0. The molecule has 1 atom stereocenters. The molecule has 0 aliphatic carbocycles. The van der Waals surface area contributed by atoms with Gasteiger partial charge in [0.2, 0.25) is 0 Å². The first-order valence-electron chi connectivity index (χ1n) is 7.04. The molecule has 3 nitrogen and oxygen atoms in total. The lowest BCUT2D eigenvalue weighted by Gasteiger charge is -2.27. The van der Waals surface area contributed by atoms with Crippen LogP contribution >= 0.6 is 11.3 Å². The number of thiophene rings is 1. The molecular weight excluding hydrogens is 278 g/mol. The second-order valence-electron chi connectivity index (χ2n) is 5.22. The second-order valence-corrected chi connectivity index (χ2v) is 6.00. The normalized spacial score (nSPS) is 12.9. The van der Waals surface area contributed by atoms with E-state index >= 15 is 0 Å². The standard InChI is InChI=1S/C17H19N3S/c1-20(11-13-7-9-21-12-13)16(10-18)15-6-2-4-14-5-3-8-19-17(14)15/h2-9,12,16H,10-11,18H2,1H3. The van der Waals surface area contributed by atoms with E-state index in [4.69, 9.17) is 5.73 Å². The van der Waals surface area contributed by atoms with E-state index in [0.29, 0.717) is 6.54 Å². The predicted octanol–water partition coefficient (Wildman–Crippen LogP) is 3.43. The van der Waals surface area contributed by atoms with Gasteiger partial charge in [-0.2, -0.15) is 11.3 Å². The number of nitrogens with two attached hydrogens (primary N) is 1. The number of benzene rings is 1. The van der Waals surface area contributed by atoms with E-state index in [2.05, 4.69) is 58.0 Å². The average molecular weight is 297 g/mol. The maximum absolute atomic E-state index is 6.06. The van der Waals surface area contributed by atoms with Crippen molar-refractivity contribution in [2.24, 2.45) is 5.73 Å². The molecule has 0 saturated heterocycles. The summed E-state index contributed by atoms with van der Waals surface area (Å²) >= 11 is 1.73. The molecule has 1 aromatic carbocycles. The Morgan fingerprint density at radius 2 is 2.10 bits per heavy atom. The summed E-state index contributed by atoms with van der Waals surface area (Å²) in [6.07, 6.45) is 1.85. The molecule has 1 unspecified atom stereocenters. The number of aromatic nitrogens is 1. The number of hydrogen-bond acceptors (Lipinski definition) is 4. The summed E-state index contributed by atoms with van der Waals surface area (Å²) in [5, 5.41) is 5.46. The Balaban J connectivity index is 1.94. The van der Waals surface area contributed by atoms with Crippen LogP contribution in [0.15, 0.2) is 53.4 Å². The maximum atomic E-state index is 6.06. The van der Waals surface area contributed by atoms with Gasteiger partial charge in [0.25, 0.3) is 0 Å². The van der Waals surface area contributed by atoms with Crippen LogP contribution < -0.4 is 5.73 Å². The zero-order chi connectivity index (χ0) is 14.7. The molecule has 0 spiro atoms. The highest BCUT2D eigenvalue weighted by molar-refractivity contribution is 7.07. The van der Waals surface area contributed by atoms with Crippen molar-refractivity contribution >= 4 is 22.2 Å². The fraction of sp³-hybridized carbons (Fsp3) is 0.235. The van der Waals surface area contributed by atoms with E-state index in [-0.39, 0.29) is 6.04 Å². The summed E-state index contributed by atoms with van der Waals surface area (Å²) in [6, 6.07) is 12.7. The molecule has 4 heteroatoms. The Bertz CT molecular complexity index is 704. The molecule has 0 aliphatic rings. The largest absolute Gasteiger partial charge is 0.329 e. The summed E-state index contributed by atoms with van der Waals surface area (Å²) in [5.74, 6) is 0. The highest BCUT2D eigenvalue weighted by Gasteiger charge is 2.18. The van der Waals surface area contributed by atoms with Gasteiger partial charge in [-0.3, -0.25) is 9.88 Å². The fourth-order valence-electron chi connectivity index (χ4n) is 2.72. The zero-order valence-electron chi connectivity index (χ0n) is 12.1. The molecule has 2 N–H and O–H groups in total. The molecule has 108 valence electrons. The number of hydrogen-bond donors (Lipinski definition) is 1. The number of rotatable bonds is 5. The molecule has 0 fully saturated rings. The summed E-state index contributed by atoms with van der Waals surface area (Å²) in [7, 11) is 2.12. The molecule has 0 radical (unpaired) electrons. The molecule has 0 aliphatic heterocycles. The Morgan fingerprint density at radius 3 is 2.86 bits per heavy atom. The maximum Gasteiger partial charge on any atom is 0.0750 e. The van der Waals surface area contributed by atoms with E-state index in [1.54, 1.807) is 11.3 Å². The van der Waals surface area contributed by atoms with E-state index in [1.807, 2.05) is 12.3 Å². The van der Waals surface area contributed by atoms with E-state index in [9.17, 15) is 0 Å². The number of nitrogens with zero attached hydrogens (tertiary/aromatic N) is 2. The van der Waals surface area contributed by atoms with Crippen molar-refractivity contribution < 1.29 is 0 Å². The van der Waals surface area contributed by atoms with Crippen LogP contribution in [-0.4, -0.2) is 23.5 Å². The molecule has 0 saturated carbocycles. The van der Waals surface area contributed by atoms with Crippen LogP contribution in [0.1, 0.15) is 17.2 Å². The predicted molar refractivity (Wildman–Crippen MR) is 89.3 cm³/mol. The number of para-hydroxylation sites is 1. The van der Waals surface area contributed by atoms with Crippen LogP contribution in [0.25, 0.3) is 10.9 Å². The second kappa shape index (κ2) is 6.35. The van der Waals surface area contributed by atoms with E-state index in [0.717, 1.165) is 17.4 Å². The van der Waals surface area contributed by atoms with Crippen molar-refractivity contribution in [3.05, 3.63) is 64.5 Å². The monoisotopic (exact) mass is 297 g/mol. The Labute approximate surface area is 129 Å². The quantitative estimate of drug-likeness (QED) is 0.784. The van der Waals surface area contributed by atoms with E-state index in [1.165, 1.54) is 11.1 Å². The zero-order valence-corrected chi connectivity index (χ0v) is 12.9. The van der Waals surface area contributed by atoms with Crippen molar-refractivity contribution in [3.63, 3.8) is 0 Å². The minimum absolute atomic E-state index is 0.170. The first-order valence-corrected chi connectivity index (χ1v) is 7.99. The van der Waals surface area contributed by atoms with Crippen molar-refractivity contribution in [1.82, 2.24) is 9.88 Å². The van der Waals surface area contributed by atoms with Gasteiger partial charge < -0.3 is 5.73 Å². The van der Waals surface area contributed by atoms with Crippen LogP contribution in [0.3, 0.4) is 0 Å². The first kappa shape index (κ1) is 14.2. The minimum Gasteiger partial charge on any atom is -0.329 e. The van der Waals surface area contributed by atoms with Gasteiger partial charge in [0.05, 0.1) is 5.52 Å². The average Bonchev–Trinajstić information content (AvgIpc) is 3.01. The molecule has 2 aromatic heterocycles. The highest BCUT2D eigenvalue weighted by atomic mass is 32.1. The van der Waals surface area contributed by atoms with Gasteiger partial charge in [0.1, 0.15) is 0 Å². The highest BCUT2D eigenvalue weighted by Crippen LogP contribution is 2.26. The van der Waals surface area contributed by atoms with Gasteiger partial charge >= 0.3 is 0 Å². The topological polar surface area (TPSA) is 42.1 Å². The van der Waals surface area contributed by atoms with Crippen LogP contribution in [0.4, 0.5) is 0 Å².